The minimum absolute atomic E-state index is 0.217. The molecule has 0 saturated carbocycles. The highest BCUT2D eigenvalue weighted by molar-refractivity contribution is 7.98. The summed E-state index contributed by atoms with van der Waals surface area (Å²) in [4.78, 5) is 12.9. The Morgan fingerprint density at radius 2 is 2.13 bits per heavy atom. The van der Waals surface area contributed by atoms with Gasteiger partial charge in [0.25, 0.3) is 0 Å². The summed E-state index contributed by atoms with van der Waals surface area (Å²) in [5, 5.41) is 3.38. The van der Waals surface area contributed by atoms with E-state index in [-0.39, 0.29) is 5.91 Å². The molecule has 0 aliphatic heterocycles. The Labute approximate surface area is 98.0 Å². The van der Waals surface area contributed by atoms with E-state index in [1.807, 2.05) is 11.8 Å². The molecule has 0 aromatic carbocycles. The molecule has 0 saturated heterocycles. The Kier molecular flexibility index (Phi) is 8.91. The summed E-state index contributed by atoms with van der Waals surface area (Å²) in [5.74, 6) is 2.13. The van der Waals surface area contributed by atoms with Crippen molar-refractivity contribution in [3.05, 3.63) is 0 Å². The first kappa shape index (κ1) is 14.8. The van der Waals surface area contributed by atoms with E-state index in [0.717, 1.165) is 19.5 Å². The predicted molar refractivity (Wildman–Crippen MR) is 68.3 cm³/mol. The average Bonchev–Trinajstić information content (AvgIpc) is 2.17. The van der Waals surface area contributed by atoms with Crippen LogP contribution in [0.2, 0.25) is 0 Å². The van der Waals surface area contributed by atoms with E-state index in [4.69, 9.17) is 0 Å². The molecule has 0 fully saturated rings. The highest BCUT2D eigenvalue weighted by Crippen LogP contribution is 2.02. The number of nitrogens with one attached hydrogen (secondary N) is 1. The topological polar surface area (TPSA) is 32.3 Å². The maximum Gasteiger partial charge on any atom is 0.222 e. The molecule has 0 radical (unpaired) electrons. The summed E-state index contributed by atoms with van der Waals surface area (Å²) >= 11 is 1.88. The van der Waals surface area contributed by atoms with E-state index < -0.39 is 0 Å². The monoisotopic (exact) mass is 232 g/mol. The lowest BCUT2D eigenvalue weighted by atomic mass is 10.2. The van der Waals surface area contributed by atoms with Crippen molar-refractivity contribution in [2.75, 3.05) is 39.2 Å². The van der Waals surface area contributed by atoms with Gasteiger partial charge in [-0.05, 0) is 37.4 Å². The van der Waals surface area contributed by atoms with Gasteiger partial charge in [0.2, 0.25) is 5.91 Å². The first-order chi connectivity index (χ1) is 7.07. The van der Waals surface area contributed by atoms with Gasteiger partial charge in [-0.15, -0.1) is 0 Å². The molecule has 0 heterocycles. The first-order valence-corrected chi connectivity index (χ1v) is 6.87. The van der Waals surface area contributed by atoms with E-state index in [1.165, 1.54) is 5.75 Å². The van der Waals surface area contributed by atoms with Gasteiger partial charge in [0.05, 0.1) is 0 Å². The summed E-state index contributed by atoms with van der Waals surface area (Å²) in [7, 11) is 3.60. The summed E-state index contributed by atoms with van der Waals surface area (Å²) in [5.41, 5.74) is 0. The Morgan fingerprint density at radius 1 is 1.47 bits per heavy atom. The second-order valence-corrected chi connectivity index (χ2v) is 5.07. The molecule has 0 spiro atoms. The molecule has 0 aromatic rings. The molecule has 1 amide bonds. The van der Waals surface area contributed by atoms with Crippen molar-refractivity contribution in [2.24, 2.45) is 5.92 Å². The Hall–Kier alpha value is -0.220. The van der Waals surface area contributed by atoms with Crippen LogP contribution in [0.25, 0.3) is 0 Å². The van der Waals surface area contributed by atoms with Crippen LogP contribution in [0.5, 0.6) is 0 Å². The number of carbonyl (C=O) groups is 1. The van der Waals surface area contributed by atoms with Crippen molar-refractivity contribution in [1.29, 1.82) is 0 Å². The standard InChI is InChI=1S/C11H24N2OS/c1-10(9-15-4)8-12-7-5-6-11(14)13(2)3/h10,12H,5-9H2,1-4H3. The zero-order chi connectivity index (χ0) is 11.7. The van der Waals surface area contributed by atoms with Gasteiger partial charge in [0.15, 0.2) is 0 Å². The van der Waals surface area contributed by atoms with Crippen molar-refractivity contribution >= 4 is 17.7 Å². The second-order valence-electron chi connectivity index (χ2n) is 4.16. The number of hydrogen-bond acceptors (Lipinski definition) is 3. The third-order valence-electron chi connectivity index (χ3n) is 2.19. The number of hydrogen-bond donors (Lipinski definition) is 1. The smallest absolute Gasteiger partial charge is 0.222 e. The maximum atomic E-state index is 11.2. The summed E-state index contributed by atoms with van der Waals surface area (Å²) in [6, 6.07) is 0. The molecule has 90 valence electrons. The zero-order valence-electron chi connectivity index (χ0n) is 10.4. The van der Waals surface area contributed by atoms with Crippen molar-refractivity contribution in [3.63, 3.8) is 0 Å². The van der Waals surface area contributed by atoms with Gasteiger partial charge in [-0.25, -0.2) is 0 Å². The van der Waals surface area contributed by atoms with Crippen LogP contribution in [0.3, 0.4) is 0 Å². The van der Waals surface area contributed by atoms with Gasteiger partial charge < -0.3 is 10.2 Å². The first-order valence-electron chi connectivity index (χ1n) is 5.47. The fourth-order valence-corrected chi connectivity index (χ4v) is 1.97. The van der Waals surface area contributed by atoms with Crippen molar-refractivity contribution in [3.8, 4) is 0 Å². The number of amides is 1. The fraction of sp³-hybridized carbons (Fsp3) is 0.909. The van der Waals surface area contributed by atoms with Gasteiger partial charge in [-0.3, -0.25) is 4.79 Å². The highest BCUT2D eigenvalue weighted by atomic mass is 32.2. The van der Waals surface area contributed by atoms with Gasteiger partial charge >= 0.3 is 0 Å². The second kappa shape index (κ2) is 9.04. The lowest BCUT2D eigenvalue weighted by molar-refractivity contribution is -0.128. The van der Waals surface area contributed by atoms with Crippen LogP contribution < -0.4 is 5.32 Å². The van der Waals surface area contributed by atoms with Crippen molar-refractivity contribution in [2.45, 2.75) is 19.8 Å². The van der Waals surface area contributed by atoms with Crippen LogP contribution in [0, 0.1) is 5.92 Å². The molecule has 0 aliphatic rings. The molecule has 1 N–H and O–H groups in total. The molecule has 4 heteroatoms. The van der Waals surface area contributed by atoms with Gasteiger partial charge in [0.1, 0.15) is 0 Å². The van der Waals surface area contributed by atoms with E-state index in [9.17, 15) is 4.79 Å². The van der Waals surface area contributed by atoms with Crippen molar-refractivity contribution in [1.82, 2.24) is 10.2 Å². The van der Waals surface area contributed by atoms with E-state index >= 15 is 0 Å². The van der Waals surface area contributed by atoms with E-state index in [0.29, 0.717) is 12.3 Å². The van der Waals surface area contributed by atoms with Crippen LogP contribution in [0.1, 0.15) is 19.8 Å². The SMILES string of the molecule is CSCC(C)CNCCCC(=O)N(C)C. The molecular formula is C11H24N2OS. The van der Waals surface area contributed by atoms with Gasteiger partial charge in [-0.1, -0.05) is 6.92 Å². The number of carbonyl (C=O) groups excluding carboxylic acids is 1. The van der Waals surface area contributed by atoms with Gasteiger partial charge in [-0.2, -0.15) is 11.8 Å². The minimum Gasteiger partial charge on any atom is -0.349 e. The molecule has 0 bridgehead atoms. The van der Waals surface area contributed by atoms with Gasteiger partial charge in [0, 0.05) is 20.5 Å². The zero-order valence-corrected chi connectivity index (χ0v) is 11.2. The van der Waals surface area contributed by atoms with E-state index in [2.05, 4.69) is 18.5 Å². The third-order valence-corrected chi connectivity index (χ3v) is 3.09. The van der Waals surface area contributed by atoms with Crippen LogP contribution in [-0.2, 0) is 4.79 Å². The summed E-state index contributed by atoms with van der Waals surface area (Å²) in [6.07, 6.45) is 3.71. The van der Waals surface area contributed by atoms with Crippen molar-refractivity contribution < 1.29 is 4.79 Å². The number of nitrogens with zero attached hydrogens (tertiary/aromatic N) is 1. The van der Waals surface area contributed by atoms with Crippen LogP contribution in [0.15, 0.2) is 0 Å². The average molecular weight is 232 g/mol. The molecule has 0 rings (SSSR count). The lowest BCUT2D eigenvalue weighted by Crippen LogP contribution is -2.26. The molecule has 3 nitrogen and oxygen atoms in total. The van der Waals surface area contributed by atoms with E-state index in [1.54, 1.807) is 19.0 Å². The third kappa shape index (κ3) is 8.75. The lowest BCUT2D eigenvalue weighted by Gasteiger charge is -2.12. The summed E-state index contributed by atoms with van der Waals surface area (Å²) in [6.45, 7) is 4.24. The normalized spacial score (nSPS) is 12.5. The fourth-order valence-electron chi connectivity index (χ4n) is 1.28. The Bertz CT molecular complexity index is 174. The predicted octanol–water partition coefficient (Wildman–Crippen LogP) is 1.44. The quantitative estimate of drug-likeness (QED) is 0.643. The number of rotatable bonds is 8. The maximum absolute atomic E-state index is 11.2. The molecule has 1 atom stereocenters. The molecular weight excluding hydrogens is 208 g/mol. The van der Waals surface area contributed by atoms with Crippen LogP contribution in [-0.4, -0.2) is 50.0 Å². The van der Waals surface area contributed by atoms with Crippen LogP contribution in [0.4, 0.5) is 0 Å². The van der Waals surface area contributed by atoms with Crippen LogP contribution >= 0.6 is 11.8 Å². The molecule has 15 heavy (non-hydrogen) atoms. The summed E-state index contributed by atoms with van der Waals surface area (Å²) < 4.78 is 0. The molecule has 0 aromatic heterocycles. The minimum atomic E-state index is 0.217. The Balaban J connectivity index is 3.28. The largest absolute Gasteiger partial charge is 0.349 e. The molecule has 0 aliphatic carbocycles. The molecule has 1 unspecified atom stereocenters. The number of thioether (sulfide) groups is 1. The highest BCUT2D eigenvalue weighted by Gasteiger charge is 2.03. The Morgan fingerprint density at radius 3 is 2.67 bits per heavy atom.